The minimum Gasteiger partial charge on any atom is -0.339 e. The number of nitrogens with one attached hydrogen (secondary N) is 2. The Balaban J connectivity index is 1.87. The largest absolute Gasteiger partial charge is 0.339 e. The smallest absolute Gasteiger partial charge is 0.253 e. The van der Waals surface area contributed by atoms with Crippen LogP contribution < -0.4 is 10.6 Å². The standard InChI is InChI=1S/C21H26ClN3O2/c1-4-25(5-2)21(27)16-9-11-19(12-10-16)24-20(26)14-23-15(3)17-7-6-8-18(22)13-17/h6-13,15,23H,4-5,14H2,1-3H3,(H,24,26)/t15-/m1/s1. The van der Waals surface area contributed by atoms with Crippen molar-refractivity contribution in [2.24, 2.45) is 0 Å². The van der Waals surface area contributed by atoms with Crippen LogP contribution in [-0.4, -0.2) is 36.3 Å². The molecular weight excluding hydrogens is 362 g/mol. The molecular formula is C21H26ClN3O2. The van der Waals surface area contributed by atoms with Crippen molar-refractivity contribution in [2.75, 3.05) is 25.0 Å². The van der Waals surface area contributed by atoms with E-state index in [4.69, 9.17) is 11.6 Å². The van der Waals surface area contributed by atoms with E-state index in [1.807, 2.05) is 45.0 Å². The van der Waals surface area contributed by atoms with Crippen molar-refractivity contribution in [3.8, 4) is 0 Å². The van der Waals surface area contributed by atoms with E-state index in [9.17, 15) is 9.59 Å². The summed E-state index contributed by atoms with van der Waals surface area (Å²) in [7, 11) is 0. The highest BCUT2D eigenvalue weighted by Gasteiger charge is 2.13. The molecule has 0 unspecified atom stereocenters. The molecule has 0 aliphatic carbocycles. The van der Waals surface area contributed by atoms with Gasteiger partial charge in [-0.25, -0.2) is 0 Å². The van der Waals surface area contributed by atoms with Gasteiger partial charge in [0.2, 0.25) is 5.91 Å². The Morgan fingerprint density at radius 3 is 2.33 bits per heavy atom. The maximum Gasteiger partial charge on any atom is 0.253 e. The van der Waals surface area contributed by atoms with Gasteiger partial charge in [-0.2, -0.15) is 0 Å². The number of benzene rings is 2. The number of hydrogen-bond acceptors (Lipinski definition) is 3. The zero-order chi connectivity index (χ0) is 19.8. The average Bonchev–Trinajstić information content (AvgIpc) is 2.67. The number of carbonyl (C=O) groups excluding carboxylic acids is 2. The molecule has 0 saturated heterocycles. The molecule has 2 rings (SSSR count). The van der Waals surface area contributed by atoms with Gasteiger partial charge >= 0.3 is 0 Å². The fourth-order valence-corrected chi connectivity index (χ4v) is 2.93. The van der Waals surface area contributed by atoms with Crippen LogP contribution in [0, 0.1) is 0 Å². The molecule has 27 heavy (non-hydrogen) atoms. The number of halogens is 1. The third-order valence-corrected chi connectivity index (χ3v) is 4.62. The summed E-state index contributed by atoms with van der Waals surface area (Å²) in [5.74, 6) is -0.151. The summed E-state index contributed by atoms with van der Waals surface area (Å²) in [5, 5.41) is 6.68. The van der Waals surface area contributed by atoms with Crippen LogP contribution in [0.25, 0.3) is 0 Å². The van der Waals surface area contributed by atoms with Crippen LogP contribution in [0.1, 0.15) is 42.7 Å². The molecule has 0 radical (unpaired) electrons. The minimum absolute atomic E-state index is 0.00326. The van der Waals surface area contributed by atoms with Gasteiger partial charge in [-0.3, -0.25) is 9.59 Å². The van der Waals surface area contributed by atoms with E-state index in [0.717, 1.165) is 5.56 Å². The van der Waals surface area contributed by atoms with E-state index in [-0.39, 0.29) is 24.4 Å². The Kier molecular flexibility index (Phi) is 7.82. The van der Waals surface area contributed by atoms with E-state index in [0.29, 0.717) is 29.4 Å². The predicted octanol–water partition coefficient (Wildman–Crippen LogP) is 4.11. The molecule has 2 aromatic carbocycles. The van der Waals surface area contributed by atoms with Crippen LogP contribution in [0.15, 0.2) is 48.5 Å². The Morgan fingerprint density at radius 1 is 1.07 bits per heavy atom. The first kappa shape index (κ1) is 20.9. The second kappa shape index (κ2) is 10.1. The lowest BCUT2D eigenvalue weighted by Crippen LogP contribution is -2.31. The molecule has 144 valence electrons. The van der Waals surface area contributed by atoms with Gasteiger partial charge in [0.1, 0.15) is 0 Å². The molecule has 0 aliphatic heterocycles. The normalized spacial score (nSPS) is 11.7. The van der Waals surface area contributed by atoms with Gasteiger partial charge < -0.3 is 15.5 Å². The van der Waals surface area contributed by atoms with E-state index >= 15 is 0 Å². The third kappa shape index (κ3) is 6.08. The molecule has 2 amide bonds. The van der Waals surface area contributed by atoms with E-state index in [2.05, 4.69) is 10.6 Å². The fraction of sp³-hybridized carbons (Fsp3) is 0.333. The van der Waals surface area contributed by atoms with E-state index in [1.165, 1.54) is 0 Å². The van der Waals surface area contributed by atoms with Crippen LogP contribution in [0.2, 0.25) is 5.02 Å². The van der Waals surface area contributed by atoms with Crippen molar-refractivity contribution in [3.63, 3.8) is 0 Å². The SMILES string of the molecule is CCN(CC)C(=O)c1ccc(NC(=O)CN[C@H](C)c2cccc(Cl)c2)cc1. The lowest BCUT2D eigenvalue weighted by molar-refractivity contribution is -0.115. The highest BCUT2D eigenvalue weighted by atomic mass is 35.5. The third-order valence-electron chi connectivity index (χ3n) is 4.38. The maximum absolute atomic E-state index is 12.3. The van der Waals surface area contributed by atoms with Crippen LogP contribution in [0.3, 0.4) is 0 Å². The molecule has 0 saturated carbocycles. The van der Waals surface area contributed by atoms with Crippen LogP contribution >= 0.6 is 11.6 Å². The quantitative estimate of drug-likeness (QED) is 0.716. The molecule has 0 spiro atoms. The second-order valence-electron chi connectivity index (χ2n) is 6.26. The molecule has 0 aliphatic rings. The Morgan fingerprint density at radius 2 is 1.74 bits per heavy atom. The first-order valence-electron chi connectivity index (χ1n) is 9.12. The zero-order valence-corrected chi connectivity index (χ0v) is 16.7. The number of rotatable bonds is 8. The zero-order valence-electron chi connectivity index (χ0n) is 16.0. The summed E-state index contributed by atoms with van der Waals surface area (Å²) in [6, 6.07) is 14.5. The molecule has 2 N–H and O–H groups in total. The average molecular weight is 388 g/mol. The summed E-state index contributed by atoms with van der Waals surface area (Å²) in [5.41, 5.74) is 2.30. The Hall–Kier alpha value is -2.37. The van der Waals surface area contributed by atoms with Gasteiger partial charge in [0.15, 0.2) is 0 Å². The number of carbonyl (C=O) groups is 2. The fourth-order valence-electron chi connectivity index (χ4n) is 2.73. The topological polar surface area (TPSA) is 61.4 Å². The van der Waals surface area contributed by atoms with Crippen molar-refractivity contribution in [3.05, 3.63) is 64.7 Å². The first-order chi connectivity index (χ1) is 12.9. The highest BCUT2D eigenvalue weighted by Crippen LogP contribution is 2.17. The van der Waals surface area contributed by atoms with E-state index < -0.39 is 0 Å². The molecule has 0 heterocycles. The van der Waals surface area contributed by atoms with Gasteiger partial charge in [-0.05, 0) is 62.7 Å². The summed E-state index contributed by atoms with van der Waals surface area (Å²) in [6.45, 7) is 7.40. The maximum atomic E-state index is 12.3. The summed E-state index contributed by atoms with van der Waals surface area (Å²) in [6.07, 6.45) is 0. The van der Waals surface area contributed by atoms with Crippen molar-refractivity contribution >= 4 is 29.1 Å². The number of hydrogen-bond donors (Lipinski definition) is 2. The van der Waals surface area contributed by atoms with Crippen molar-refractivity contribution < 1.29 is 9.59 Å². The number of nitrogens with zero attached hydrogens (tertiary/aromatic N) is 1. The van der Waals surface area contributed by atoms with Gasteiger partial charge in [0.05, 0.1) is 6.54 Å². The second-order valence-corrected chi connectivity index (χ2v) is 6.70. The van der Waals surface area contributed by atoms with Crippen molar-refractivity contribution in [1.82, 2.24) is 10.2 Å². The Labute approximate surface area is 165 Å². The monoisotopic (exact) mass is 387 g/mol. The van der Waals surface area contributed by atoms with Crippen molar-refractivity contribution in [2.45, 2.75) is 26.8 Å². The lowest BCUT2D eigenvalue weighted by atomic mass is 10.1. The van der Waals surface area contributed by atoms with E-state index in [1.54, 1.807) is 29.2 Å². The summed E-state index contributed by atoms with van der Waals surface area (Å²) >= 11 is 6.00. The van der Waals surface area contributed by atoms with Crippen LogP contribution in [0.5, 0.6) is 0 Å². The molecule has 0 aromatic heterocycles. The Bertz CT molecular complexity index is 773. The molecule has 2 aromatic rings. The van der Waals surface area contributed by atoms with Gasteiger partial charge in [-0.1, -0.05) is 23.7 Å². The van der Waals surface area contributed by atoms with Gasteiger partial charge in [-0.15, -0.1) is 0 Å². The highest BCUT2D eigenvalue weighted by molar-refractivity contribution is 6.30. The molecule has 0 fully saturated rings. The summed E-state index contributed by atoms with van der Waals surface area (Å²) < 4.78 is 0. The molecule has 5 nitrogen and oxygen atoms in total. The molecule has 6 heteroatoms. The van der Waals surface area contributed by atoms with Crippen LogP contribution in [-0.2, 0) is 4.79 Å². The predicted molar refractivity (Wildman–Crippen MR) is 110 cm³/mol. The number of anilines is 1. The van der Waals surface area contributed by atoms with Gasteiger partial charge in [0, 0.05) is 35.4 Å². The number of amides is 2. The van der Waals surface area contributed by atoms with Crippen molar-refractivity contribution in [1.29, 1.82) is 0 Å². The minimum atomic E-state index is -0.147. The lowest BCUT2D eigenvalue weighted by Gasteiger charge is -2.18. The summed E-state index contributed by atoms with van der Waals surface area (Å²) in [4.78, 5) is 26.2. The molecule has 1 atom stereocenters. The van der Waals surface area contributed by atoms with Gasteiger partial charge in [0.25, 0.3) is 5.91 Å². The molecule has 0 bridgehead atoms. The first-order valence-corrected chi connectivity index (χ1v) is 9.50. The van der Waals surface area contributed by atoms with Crippen LogP contribution in [0.4, 0.5) is 5.69 Å².